The number of ether oxygens (including phenoxy) is 1. The van der Waals surface area contributed by atoms with Gasteiger partial charge in [-0.2, -0.15) is 0 Å². The normalized spacial score (nSPS) is 13.7. The number of halogens is 2. The lowest BCUT2D eigenvalue weighted by molar-refractivity contribution is 0.0533. The number of piperazine rings is 1. The van der Waals surface area contributed by atoms with Crippen LogP contribution in [0.2, 0.25) is 0 Å². The molecule has 3 aromatic carbocycles. The third-order valence-corrected chi connectivity index (χ3v) is 5.11. The van der Waals surface area contributed by atoms with Crippen LogP contribution in [-0.4, -0.2) is 47.8 Å². The Balaban J connectivity index is 1.43. The minimum absolute atomic E-state index is 0.0836. The number of amides is 2. The Labute approximate surface area is 178 Å². The second-order valence-corrected chi connectivity index (χ2v) is 7.12. The van der Waals surface area contributed by atoms with Crippen molar-refractivity contribution in [2.45, 2.75) is 0 Å². The van der Waals surface area contributed by atoms with Crippen LogP contribution in [0.3, 0.4) is 0 Å². The molecule has 1 fully saturated rings. The van der Waals surface area contributed by atoms with Gasteiger partial charge in [0.05, 0.1) is 5.56 Å². The van der Waals surface area contributed by atoms with Crippen molar-refractivity contribution >= 4 is 11.8 Å². The number of rotatable bonds is 4. The third-order valence-electron chi connectivity index (χ3n) is 5.11. The largest absolute Gasteiger partial charge is 0.457 e. The SMILES string of the molecule is O=C(c1ccc(F)c(F)c1)N1CCN(C(=O)c2ccccc2Oc2ccccc2)CC1. The van der Waals surface area contributed by atoms with Crippen molar-refractivity contribution in [2.24, 2.45) is 0 Å². The van der Waals surface area contributed by atoms with E-state index < -0.39 is 11.6 Å². The van der Waals surface area contributed by atoms with Gasteiger partial charge in [-0.15, -0.1) is 0 Å². The van der Waals surface area contributed by atoms with Crippen LogP contribution in [0, 0.1) is 11.6 Å². The van der Waals surface area contributed by atoms with Crippen molar-refractivity contribution in [1.82, 2.24) is 9.80 Å². The molecule has 0 spiro atoms. The Morgan fingerprint density at radius 3 is 2.00 bits per heavy atom. The molecule has 0 radical (unpaired) electrons. The fourth-order valence-electron chi connectivity index (χ4n) is 3.44. The number of para-hydroxylation sites is 2. The average Bonchev–Trinajstić information content (AvgIpc) is 2.81. The second kappa shape index (κ2) is 8.95. The number of nitrogens with zero attached hydrogens (tertiary/aromatic N) is 2. The average molecular weight is 422 g/mol. The summed E-state index contributed by atoms with van der Waals surface area (Å²) in [5, 5.41) is 0. The van der Waals surface area contributed by atoms with Gasteiger partial charge in [-0.3, -0.25) is 9.59 Å². The van der Waals surface area contributed by atoms with Gasteiger partial charge in [0.15, 0.2) is 11.6 Å². The molecule has 31 heavy (non-hydrogen) atoms. The van der Waals surface area contributed by atoms with E-state index in [0.29, 0.717) is 43.2 Å². The molecule has 1 aliphatic heterocycles. The van der Waals surface area contributed by atoms with Crippen molar-refractivity contribution in [3.05, 3.63) is 95.6 Å². The number of hydrogen-bond acceptors (Lipinski definition) is 3. The molecule has 0 aliphatic carbocycles. The summed E-state index contributed by atoms with van der Waals surface area (Å²) in [6.45, 7) is 1.25. The van der Waals surface area contributed by atoms with E-state index in [0.717, 1.165) is 12.1 Å². The summed E-state index contributed by atoms with van der Waals surface area (Å²) in [5.74, 6) is -1.55. The van der Waals surface area contributed by atoms with Gasteiger partial charge in [0.2, 0.25) is 0 Å². The zero-order valence-electron chi connectivity index (χ0n) is 16.6. The lowest BCUT2D eigenvalue weighted by Gasteiger charge is -2.35. The molecule has 3 aromatic rings. The maximum atomic E-state index is 13.4. The van der Waals surface area contributed by atoms with Gasteiger partial charge in [-0.1, -0.05) is 30.3 Å². The lowest BCUT2D eigenvalue weighted by atomic mass is 10.1. The van der Waals surface area contributed by atoms with Crippen molar-refractivity contribution in [2.75, 3.05) is 26.2 Å². The highest BCUT2D eigenvalue weighted by Crippen LogP contribution is 2.26. The Kier molecular flexibility index (Phi) is 5.93. The van der Waals surface area contributed by atoms with Gasteiger partial charge < -0.3 is 14.5 Å². The zero-order valence-corrected chi connectivity index (χ0v) is 16.6. The van der Waals surface area contributed by atoms with Crippen LogP contribution in [-0.2, 0) is 0 Å². The molecule has 0 bridgehead atoms. The Morgan fingerprint density at radius 2 is 1.32 bits per heavy atom. The first-order chi connectivity index (χ1) is 15.0. The molecule has 158 valence electrons. The molecule has 5 nitrogen and oxygen atoms in total. The van der Waals surface area contributed by atoms with Crippen LogP contribution in [0.15, 0.2) is 72.8 Å². The molecular weight excluding hydrogens is 402 g/mol. The van der Waals surface area contributed by atoms with E-state index >= 15 is 0 Å². The van der Waals surface area contributed by atoms with Gasteiger partial charge in [-0.05, 0) is 42.5 Å². The van der Waals surface area contributed by atoms with Crippen LogP contribution in [0.4, 0.5) is 8.78 Å². The van der Waals surface area contributed by atoms with E-state index in [1.54, 1.807) is 29.2 Å². The number of carbonyl (C=O) groups is 2. The summed E-state index contributed by atoms with van der Waals surface area (Å²) >= 11 is 0. The maximum Gasteiger partial charge on any atom is 0.257 e. The fourth-order valence-corrected chi connectivity index (χ4v) is 3.44. The maximum absolute atomic E-state index is 13.4. The summed E-state index contributed by atoms with van der Waals surface area (Å²) < 4.78 is 32.4. The highest BCUT2D eigenvalue weighted by molar-refractivity contribution is 5.97. The molecule has 1 heterocycles. The van der Waals surface area contributed by atoms with Crippen LogP contribution < -0.4 is 4.74 Å². The second-order valence-electron chi connectivity index (χ2n) is 7.12. The predicted molar refractivity (Wildman–Crippen MR) is 111 cm³/mol. The predicted octanol–water partition coefficient (Wildman–Crippen LogP) is 4.36. The minimum Gasteiger partial charge on any atom is -0.457 e. The summed E-state index contributed by atoms with van der Waals surface area (Å²) in [4.78, 5) is 28.9. The molecule has 1 aliphatic rings. The third kappa shape index (κ3) is 4.55. The molecule has 7 heteroatoms. The molecule has 0 atom stereocenters. The first kappa shape index (κ1) is 20.5. The Morgan fingerprint density at radius 1 is 0.710 bits per heavy atom. The number of benzene rings is 3. The van der Waals surface area contributed by atoms with Crippen molar-refractivity contribution < 1.29 is 23.1 Å². The summed E-state index contributed by atoms with van der Waals surface area (Å²) in [6.07, 6.45) is 0. The van der Waals surface area contributed by atoms with Crippen molar-refractivity contribution in [3.8, 4) is 11.5 Å². The molecule has 0 N–H and O–H groups in total. The van der Waals surface area contributed by atoms with Gasteiger partial charge in [0.25, 0.3) is 11.8 Å². The summed E-state index contributed by atoms with van der Waals surface area (Å²) in [6, 6.07) is 19.3. The van der Waals surface area contributed by atoms with E-state index in [4.69, 9.17) is 4.74 Å². The zero-order chi connectivity index (χ0) is 21.8. The van der Waals surface area contributed by atoms with Gasteiger partial charge in [0.1, 0.15) is 11.5 Å². The summed E-state index contributed by atoms with van der Waals surface area (Å²) in [7, 11) is 0. The molecule has 0 unspecified atom stereocenters. The van der Waals surface area contributed by atoms with Crippen LogP contribution >= 0.6 is 0 Å². The van der Waals surface area contributed by atoms with Crippen LogP contribution in [0.1, 0.15) is 20.7 Å². The van der Waals surface area contributed by atoms with E-state index in [1.807, 2.05) is 30.3 Å². The fraction of sp³-hybridized carbons (Fsp3) is 0.167. The highest BCUT2D eigenvalue weighted by atomic mass is 19.2. The summed E-state index contributed by atoms with van der Waals surface area (Å²) in [5.41, 5.74) is 0.520. The van der Waals surface area contributed by atoms with E-state index in [1.165, 1.54) is 11.0 Å². The molecule has 1 saturated heterocycles. The molecular formula is C24H20F2N2O3. The lowest BCUT2D eigenvalue weighted by Crippen LogP contribution is -2.50. The standard InChI is InChI=1S/C24H20F2N2O3/c25-20-11-10-17(16-21(20)26)23(29)27-12-14-28(15-13-27)24(30)19-8-4-5-9-22(19)31-18-6-2-1-3-7-18/h1-11,16H,12-15H2. The smallest absolute Gasteiger partial charge is 0.257 e. The number of hydrogen-bond donors (Lipinski definition) is 0. The quantitative estimate of drug-likeness (QED) is 0.628. The topological polar surface area (TPSA) is 49.9 Å². The molecule has 4 rings (SSSR count). The van der Waals surface area contributed by atoms with E-state index in [9.17, 15) is 18.4 Å². The van der Waals surface area contributed by atoms with E-state index in [-0.39, 0.29) is 17.4 Å². The molecule has 2 amide bonds. The minimum atomic E-state index is -1.06. The molecule has 0 aromatic heterocycles. The monoisotopic (exact) mass is 422 g/mol. The van der Waals surface area contributed by atoms with E-state index in [2.05, 4.69) is 0 Å². The first-order valence-electron chi connectivity index (χ1n) is 9.88. The van der Waals surface area contributed by atoms with Gasteiger partial charge >= 0.3 is 0 Å². The van der Waals surface area contributed by atoms with Gasteiger partial charge in [-0.25, -0.2) is 8.78 Å². The van der Waals surface area contributed by atoms with Gasteiger partial charge in [0, 0.05) is 31.7 Å². The van der Waals surface area contributed by atoms with Crippen LogP contribution in [0.25, 0.3) is 0 Å². The Bertz CT molecular complexity index is 1100. The van der Waals surface area contributed by atoms with Crippen molar-refractivity contribution in [1.29, 1.82) is 0 Å². The number of carbonyl (C=O) groups excluding carboxylic acids is 2. The Hall–Kier alpha value is -3.74. The highest BCUT2D eigenvalue weighted by Gasteiger charge is 2.27. The van der Waals surface area contributed by atoms with Crippen LogP contribution in [0.5, 0.6) is 11.5 Å². The van der Waals surface area contributed by atoms with Crippen molar-refractivity contribution in [3.63, 3.8) is 0 Å². The first-order valence-corrected chi connectivity index (χ1v) is 9.88. The molecule has 0 saturated carbocycles.